The Morgan fingerprint density at radius 2 is 1.84 bits per heavy atom. The lowest BCUT2D eigenvalue weighted by atomic mass is 9.64. The van der Waals surface area contributed by atoms with Gasteiger partial charge in [0.25, 0.3) is 6.43 Å². The van der Waals surface area contributed by atoms with Gasteiger partial charge in [-0.2, -0.15) is 0 Å². The van der Waals surface area contributed by atoms with Crippen LogP contribution >= 0.6 is 0 Å². The Kier molecular flexibility index (Phi) is 7.09. The first kappa shape index (κ1) is 27.4. The van der Waals surface area contributed by atoms with E-state index in [1.165, 1.54) is 47.4 Å². The van der Waals surface area contributed by atoms with Crippen molar-refractivity contribution in [1.82, 2.24) is 9.62 Å². The van der Waals surface area contributed by atoms with Gasteiger partial charge in [-0.05, 0) is 44.4 Å². The molecule has 2 bridgehead atoms. The molecule has 6 nitrogen and oxygen atoms in total. The van der Waals surface area contributed by atoms with Crippen LogP contribution in [0.5, 0.6) is 0 Å². The minimum atomic E-state index is -3.89. The van der Waals surface area contributed by atoms with E-state index in [-0.39, 0.29) is 41.5 Å². The molecule has 1 saturated carbocycles. The molecule has 2 aliphatic heterocycles. The monoisotopic (exact) mass is 542 g/mol. The fourth-order valence-corrected chi connectivity index (χ4v) is 6.04. The van der Waals surface area contributed by atoms with Crippen molar-refractivity contribution in [2.75, 3.05) is 6.26 Å². The summed E-state index contributed by atoms with van der Waals surface area (Å²) in [7, 11) is -3.89. The lowest BCUT2D eigenvalue weighted by molar-refractivity contribution is -0.131. The lowest BCUT2D eigenvalue weighted by Crippen LogP contribution is -2.77. The van der Waals surface area contributed by atoms with Crippen LogP contribution in [0.1, 0.15) is 51.2 Å². The molecule has 0 unspecified atom stereocenters. The van der Waals surface area contributed by atoms with Gasteiger partial charge in [-0.15, -0.1) is 0 Å². The molecule has 3 fully saturated rings. The second kappa shape index (κ2) is 9.58. The number of nitrogens with zero attached hydrogens (tertiary/aromatic N) is 1. The molecule has 2 heterocycles. The quantitative estimate of drug-likeness (QED) is 0.498. The van der Waals surface area contributed by atoms with Crippen LogP contribution in [-0.4, -0.2) is 55.1 Å². The first-order valence-corrected chi connectivity index (χ1v) is 13.8. The van der Waals surface area contributed by atoms with Crippen LogP contribution in [0, 0.1) is 5.82 Å². The number of sulfonamides is 1. The number of alkyl halides is 3. The van der Waals surface area contributed by atoms with E-state index >= 15 is 8.78 Å². The van der Waals surface area contributed by atoms with E-state index < -0.39 is 57.8 Å². The summed E-state index contributed by atoms with van der Waals surface area (Å²) in [5.74, 6) is -0.719. The summed E-state index contributed by atoms with van der Waals surface area (Å²) >= 11 is 0. The maximum absolute atomic E-state index is 15.8. The van der Waals surface area contributed by atoms with E-state index in [0.29, 0.717) is 0 Å². The molecule has 2 atom stereocenters. The van der Waals surface area contributed by atoms with E-state index in [2.05, 4.69) is 4.72 Å². The summed E-state index contributed by atoms with van der Waals surface area (Å²) in [6, 6.07) is 6.82. The molecular formula is C26H30F4N2O4S. The number of carbonyl (C=O) groups excluding carboxylic acids is 1. The largest absolute Gasteiger partial charge is 0.444 e. The van der Waals surface area contributed by atoms with Crippen LogP contribution in [0.2, 0.25) is 0 Å². The average molecular weight is 543 g/mol. The number of piperidine rings is 2. The number of halogens is 4. The van der Waals surface area contributed by atoms with Gasteiger partial charge in [0.15, 0.2) is 0 Å². The molecule has 1 aliphatic carbocycles. The molecule has 3 aliphatic rings. The smallest absolute Gasteiger partial charge is 0.410 e. The zero-order valence-electron chi connectivity index (χ0n) is 21.0. The fourth-order valence-electron chi connectivity index (χ4n) is 5.21. The first-order valence-electron chi connectivity index (χ1n) is 11.9. The SMILES string of the molecule is CC(C)(C)OC(=O)N1C2CC(F)(C2)[C@H](NS(C)(=O)=O)[C@@H]1Cc1cccc(-c2cccc(C(F)F)c2)c1F. The number of nitrogens with one attached hydrogen (secondary N) is 1. The Balaban J connectivity index is 1.74. The highest BCUT2D eigenvalue weighted by atomic mass is 32.2. The molecule has 0 aromatic heterocycles. The van der Waals surface area contributed by atoms with Gasteiger partial charge >= 0.3 is 6.09 Å². The third-order valence-corrected chi connectivity index (χ3v) is 7.43. The van der Waals surface area contributed by atoms with Gasteiger partial charge in [-0.1, -0.05) is 36.4 Å². The normalized spacial score (nSPS) is 25.6. The molecule has 1 N–H and O–H groups in total. The number of amides is 1. The van der Waals surface area contributed by atoms with E-state index in [1.807, 2.05) is 0 Å². The van der Waals surface area contributed by atoms with E-state index in [1.54, 1.807) is 20.8 Å². The molecular weight excluding hydrogens is 512 g/mol. The fraction of sp³-hybridized carbons (Fsp3) is 0.500. The number of rotatable bonds is 6. The molecule has 37 heavy (non-hydrogen) atoms. The van der Waals surface area contributed by atoms with Crippen molar-refractivity contribution in [1.29, 1.82) is 0 Å². The predicted molar refractivity (Wildman–Crippen MR) is 131 cm³/mol. The molecule has 2 aromatic carbocycles. The van der Waals surface area contributed by atoms with Crippen LogP contribution in [0.25, 0.3) is 11.1 Å². The van der Waals surface area contributed by atoms with Gasteiger partial charge in [0, 0.05) is 30.0 Å². The van der Waals surface area contributed by atoms with Crippen LogP contribution in [-0.2, 0) is 21.2 Å². The highest BCUT2D eigenvalue weighted by Gasteiger charge is 2.64. The predicted octanol–water partition coefficient (Wildman–Crippen LogP) is 5.38. The maximum atomic E-state index is 15.8. The Morgan fingerprint density at radius 1 is 1.19 bits per heavy atom. The molecule has 2 aromatic rings. The van der Waals surface area contributed by atoms with Crippen molar-refractivity contribution in [3.05, 3.63) is 59.4 Å². The van der Waals surface area contributed by atoms with Gasteiger partial charge in [0.2, 0.25) is 10.0 Å². The van der Waals surface area contributed by atoms with Gasteiger partial charge in [0.1, 0.15) is 17.1 Å². The Morgan fingerprint density at radius 3 is 2.43 bits per heavy atom. The van der Waals surface area contributed by atoms with E-state index in [9.17, 15) is 22.0 Å². The second-order valence-corrected chi connectivity index (χ2v) is 12.6. The first-order chi connectivity index (χ1) is 17.1. The molecule has 1 amide bonds. The number of hydrogen-bond acceptors (Lipinski definition) is 4. The van der Waals surface area contributed by atoms with Crippen LogP contribution in [0.4, 0.5) is 22.4 Å². The van der Waals surface area contributed by atoms with Crippen molar-refractivity contribution < 1.29 is 35.5 Å². The summed E-state index contributed by atoms with van der Waals surface area (Å²) < 4.78 is 90.1. The zero-order valence-corrected chi connectivity index (χ0v) is 21.8. The average Bonchev–Trinajstić information content (AvgIpc) is 2.74. The van der Waals surface area contributed by atoms with Crippen molar-refractivity contribution in [2.45, 2.75) is 75.9 Å². The third kappa shape index (κ3) is 5.77. The number of benzene rings is 2. The van der Waals surface area contributed by atoms with Crippen LogP contribution < -0.4 is 4.72 Å². The number of fused-ring (bicyclic) bond motifs is 2. The van der Waals surface area contributed by atoms with E-state index in [0.717, 1.165) is 6.26 Å². The Hall–Kier alpha value is -2.66. The Bertz CT molecular complexity index is 1290. The maximum Gasteiger partial charge on any atom is 0.410 e. The molecule has 2 saturated heterocycles. The highest BCUT2D eigenvalue weighted by Crippen LogP contribution is 2.50. The number of ether oxygens (including phenoxy) is 1. The highest BCUT2D eigenvalue weighted by molar-refractivity contribution is 7.88. The van der Waals surface area contributed by atoms with E-state index in [4.69, 9.17) is 4.74 Å². The lowest BCUT2D eigenvalue weighted by Gasteiger charge is -2.60. The van der Waals surface area contributed by atoms with Gasteiger partial charge in [-0.3, -0.25) is 4.90 Å². The van der Waals surface area contributed by atoms with Crippen molar-refractivity contribution in [3.63, 3.8) is 0 Å². The summed E-state index contributed by atoms with van der Waals surface area (Å²) in [5.41, 5.74) is -2.65. The molecule has 11 heteroatoms. The van der Waals surface area contributed by atoms with Crippen LogP contribution in [0.3, 0.4) is 0 Å². The van der Waals surface area contributed by atoms with Gasteiger partial charge in [0.05, 0.1) is 18.3 Å². The van der Waals surface area contributed by atoms with Crippen molar-refractivity contribution >= 4 is 16.1 Å². The minimum absolute atomic E-state index is 0.0624. The molecule has 202 valence electrons. The molecule has 5 rings (SSSR count). The standard InChI is InChI=1S/C26H30F4N2O4S/c1-25(2,3)36-24(33)32-18-13-26(30,14-18)22(31-37(4,34)35)20(32)12-16-8-6-10-19(21(16)27)15-7-5-9-17(11-15)23(28)29/h5-11,18,20,22-23,31H,12-14H2,1-4H3/t18?,20-,22+,26?/m0/s1. The summed E-state index contributed by atoms with van der Waals surface area (Å²) in [4.78, 5) is 14.5. The van der Waals surface area contributed by atoms with Crippen LogP contribution in [0.15, 0.2) is 42.5 Å². The zero-order chi connectivity index (χ0) is 27.3. The molecule has 0 radical (unpaired) electrons. The third-order valence-electron chi connectivity index (χ3n) is 6.75. The Labute approximate surface area is 214 Å². The number of carbonyl (C=O) groups is 1. The second-order valence-electron chi connectivity index (χ2n) is 10.8. The summed E-state index contributed by atoms with van der Waals surface area (Å²) in [6.45, 7) is 5.02. The number of hydrogen-bond donors (Lipinski definition) is 1. The van der Waals surface area contributed by atoms with Gasteiger partial charge in [-0.25, -0.2) is 35.5 Å². The van der Waals surface area contributed by atoms with Crippen molar-refractivity contribution in [2.24, 2.45) is 0 Å². The topological polar surface area (TPSA) is 75.7 Å². The summed E-state index contributed by atoms with van der Waals surface area (Å²) in [6.07, 6.45) is -2.94. The molecule has 0 spiro atoms. The van der Waals surface area contributed by atoms with Crippen molar-refractivity contribution in [3.8, 4) is 11.1 Å². The minimum Gasteiger partial charge on any atom is -0.444 e. The van der Waals surface area contributed by atoms with Gasteiger partial charge < -0.3 is 4.74 Å². The summed E-state index contributed by atoms with van der Waals surface area (Å²) in [5, 5.41) is 0.